The third kappa shape index (κ3) is 4.62. The van der Waals surface area contributed by atoms with E-state index in [9.17, 15) is 24.5 Å². The number of nitrogens with zero attached hydrogens (tertiary/aromatic N) is 2. The van der Waals surface area contributed by atoms with Crippen LogP contribution in [0.2, 0.25) is 0 Å². The van der Waals surface area contributed by atoms with Crippen molar-refractivity contribution < 1.29 is 14.5 Å². The second-order valence-electron chi connectivity index (χ2n) is 6.37. The molecule has 0 aliphatic carbocycles. The van der Waals surface area contributed by atoms with Crippen LogP contribution in [0.1, 0.15) is 33.2 Å². The molecule has 1 heterocycles. The van der Waals surface area contributed by atoms with Gasteiger partial charge in [0.05, 0.1) is 11.5 Å². The van der Waals surface area contributed by atoms with Crippen LogP contribution in [0, 0.1) is 10.1 Å². The number of anilines is 1. The van der Waals surface area contributed by atoms with Gasteiger partial charge in [-0.2, -0.15) is 0 Å². The molecule has 3 rings (SSSR count). The number of benzene rings is 2. The van der Waals surface area contributed by atoms with Crippen molar-refractivity contribution >= 4 is 23.1 Å². The second kappa shape index (κ2) is 8.30. The number of nitro benzene ring substituents is 1. The molecule has 1 amide bonds. The quantitative estimate of drug-likeness (QED) is 0.394. The Morgan fingerprint density at radius 1 is 1.03 bits per heavy atom. The number of rotatable bonds is 6. The maximum absolute atomic E-state index is 12.7. The number of hydrogen-bond acceptors (Lipinski definition) is 5. The Bertz CT molecular complexity index is 1130. The van der Waals surface area contributed by atoms with Crippen molar-refractivity contribution in [1.82, 2.24) is 4.57 Å². The summed E-state index contributed by atoms with van der Waals surface area (Å²) in [5, 5.41) is 13.4. The van der Waals surface area contributed by atoms with Crippen LogP contribution < -0.4 is 10.9 Å². The van der Waals surface area contributed by atoms with Gasteiger partial charge in [-0.15, -0.1) is 0 Å². The molecule has 0 atom stereocenters. The summed E-state index contributed by atoms with van der Waals surface area (Å²) in [6.45, 7) is 1.62. The molecule has 29 heavy (non-hydrogen) atoms. The lowest BCUT2D eigenvalue weighted by molar-refractivity contribution is -0.384. The van der Waals surface area contributed by atoms with E-state index in [0.717, 1.165) is 0 Å². The van der Waals surface area contributed by atoms with E-state index in [-0.39, 0.29) is 23.6 Å². The van der Waals surface area contributed by atoms with Gasteiger partial charge in [0, 0.05) is 29.6 Å². The topological polar surface area (TPSA) is 111 Å². The predicted octanol–water partition coefficient (Wildman–Crippen LogP) is 3.26. The average molecular weight is 391 g/mol. The first-order valence-corrected chi connectivity index (χ1v) is 8.70. The van der Waals surface area contributed by atoms with E-state index in [0.29, 0.717) is 16.8 Å². The number of aromatic nitrogens is 1. The van der Waals surface area contributed by atoms with E-state index in [4.69, 9.17) is 0 Å². The van der Waals surface area contributed by atoms with E-state index in [2.05, 4.69) is 5.32 Å². The van der Waals surface area contributed by atoms with E-state index in [1.807, 2.05) is 0 Å². The molecular weight excluding hydrogens is 374 g/mol. The van der Waals surface area contributed by atoms with E-state index in [1.54, 1.807) is 48.7 Å². The van der Waals surface area contributed by atoms with Crippen molar-refractivity contribution in [3.05, 3.63) is 104 Å². The van der Waals surface area contributed by atoms with Gasteiger partial charge in [-0.05, 0) is 48.9 Å². The summed E-state index contributed by atoms with van der Waals surface area (Å²) in [7, 11) is 0. The molecule has 0 spiro atoms. The van der Waals surface area contributed by atoms with Crippen LogP contribution in [-0.4, -0.2) is 21.2 Å². The summed E-state index contributed by atoms with van der Waals surface area (Å²) in [6, 6.07) is 15.2. The van der Waals surface area contributed by atoms with Gasteiger partial charge >= 0.3 is 0 Å². The summed E-state index contributed by atoms with van der Waals surface area (Å²) in [5.74, 6) is -0.649. The molecule has 2 aromatic carbocycles. The van der Waals surface area contributed by atoms with Gasteiger partial charge in [0.2, 0.25) is 0 Å². The Balaban J connectivity index is 1.78. The van der Waals surface area contributed by atoms with E-state index < -0.39 is 16.4 Å². The zero-order valence-electron chi connectivity index (χ0n) is 15.5. The van der Waals surface area contributed by atoms with Crippen LogP contribution >= 0.6 is 0 Å². The molecule has 0 saturated heterocycles. The van der Waals surface area contributed by atoms with Crippen molar-refractivity contribution in [3.63, 3.8) is 0 Å². The van der Waals surface area contributed by atoms with Crippen LogP contribution in [0.15, 0.2) is 71.7 Å². The Hall–Kier alpha value is -4.07. The number of ketones is 1. The smallest absolute Gasteiger partial charge is 0.269 e. The third-order valence-corrected chi connectivity index (χ3v) is 4.31. The summed E-state index contributed by atoms with van der Waals surface area (Å²) < 4.78 is 1.36. The number of pyridine rings is 1. The number of carbonyl (C=O) groups excluding carboxylic acids is 2. The predicted molar refractivity (Wildman–Crippen MR) is 107 cm³/mol. The lowest BCUT2D eigenvalue weighted by Crippen LogP contribution is -2.29. The van der Waals surface area contributed by atoms with Crippen molar-refractivity contribution in [1.29, 1.82) is 0 Å². The molecule has 0 aliphatic heterocycles. The molecule has 8 nitrogen and oxygen atoms in total. The normalized spacial score (nSPS) is 10.4. The van der Waals surface area contributed by atoms with Gasteiger partial charge in [-0.3, -0.25) is 24.5 Å². The number of amides is 1. The molecule has 0 radical (unpaired) electrons. The van der Waals surface area contributed by atoms with Crippen LogP contribution in [-0.2, 0) is 6.54 Å². The van der Waals surface area contributed by atoms with Crippen LogP contribution in [0.4, 0.5) is 11.4 Å². The standard InChI is InChI=1S/C21H17N3O5/c1-14(25)16-6-8-17(9-7-16)22-20(26)19-3-2-12-23(21(19)27)13-15-4-10-18(11-5-15)24(28)29/h2-12H,13H2,1H3,(H,22,26). The molecule has 3 aromatic rings. The van der Waals surface area contributed by atoms with Gasteiger partial charge in [0.25, 0.3) is 17.2 Å². The van der Waals surface area contributed by atoms with E-state index in [1.165, 1.54) is 29.7 Å². The fourth-order valence-electron chi connectivity index (χ4n) is 2.74. The Labute approximate surface area is 165 Å². The molecule has 0 bridgehead atoms. The SMILES string of the molecule is CC(=O)c1ccc(NC(=O)c2cccn(Cc3ccc([N+](=O)[O-])cc3)c2=O)cc1. The highest BCUT2D eigenvalue weighted by Crippen LogP contribution is 2.13. The fraction of sp³-hybridized carbons (Fsp3) is 0.0952. The Morgan fingerprint density at radius 3 is 2.28 bits per heavy atom. The Morgan fingerprint density at radius 2 is 1.69 bits per heavy atom. The number of Topliss-reactive ketones (excluding diaryl/α,β-unsaturated/α-hetero) is 1. The van der Waals surface area contributed by atoms with Gasteiger partial charge in [0.15, 0.2) is 5.78 Å². The zero-order valence-corrected chi connectivity index (χ0v) is 15.5. The molecule has 8 heteroatoms. The Kier molecular flexibility index (Phi) is 5.64. The largest absolute Gasteiger partial charge is 0.322 e. The number of nitrogens with one attached hydrogen (secondary N) is 1. The molecule has 0 saturated carbocycles. The first-order valence-electron chi connectivity index (χ1n) is 8.70. The second-order valence-corrected chi connectivity index (χ2v) is 6.37. The zero-order chi connectivity index (χ0) is 21.0. The summed E-state index contributed by atoms with van der Waals surface area (Å²) in [4.78, 5) is 46.7. The molecule has 0 unspecified atom stereocenters. The van der Waals surface area contributed by atoms with Gasteiger partial charge in [-0.25, -0.2) is 0 Å². The van der Waals surface area contributed by atoms with Crippen LogP contribution in [0.5, 0.6) is 0 Å². The first-order chi connectivity index (χ1) is 13.8. The molecule has 0 aliphatic rings. The van der Waals surface area contributed by atoms with Crippen LogP contribution in [0.25, 0.3) is 0 Å². The number of carbonyl (C=O) groups is 2. The van der Waals surface area contributed by atoms with Gasteiger partial charge in [-0.1, -0.05) is 12.1 Å². The summed E-state index contributed by atoms with van der Waals surface area (Å²) in [5.41, 5.74) is 1.12. The van der Waals surface area contributed by atoms with Crippen molar-refractivity contribution in [2.75, 3.05) is 5.32 Å². The monoisotopic (exact) mass is 391 g/mol. The number of hydrogen-bond donors (Lipinski definition) is 1. The molecule has 1 N–H and O–H groups in total. The molecule has 0 fully saturated rings. The third-order valence-electron chi connectivity index (χ3n) is 4.31. The highest BCUT2D eigenvalue weighted by atomic mass is 16.6. The van der Waals surface area contributed by atoms with Gasteiger partial charge in [0.1, 0.15) is 5.56 Å². The molecular formula is C21H17N3O5. The molecule has 1 aromatic heterocycles. The minimum absolute atomic E-state index is 0.0370. The minimum Gasteiger partial charge on any atom is -0.322 e. The number of nitro groups is 1. The van der Waals surface area contributed by atoms with Crippen LogP contribution in [0.3, 0.4) is 0 Å². The minimum atomic E-state index is -0.566. The average Bonchev–Trinajstić information content (AvgIpc) is 2.70. The lowest BCUT2D eigenvalue weighted by atomic mass is 10.1. The maximum Gasteiger partial charge on any atom is 0.269 e. The van der Waals surface area contributed by atoms with E-state index >= 15 is 0 Å². The van der Waals surface area contributed by atoms with Crippen molar-refractivity contribution in [3.8, 4) is 0 Å². The number of non-ortho nitro benzene ring substituents is 1. The summed E-state index contributed by atoms with van der Waals surface area (Å²) >= 11 is 0. The summed E-state index contributed by atoms with van der Waals surface area (Å²) in [6.07, 6.45) is 1.54. The first kappa shape index (κ1) is 19.7. The lowest BCUT2D eigenvalue weighted by Gasteiger charge is -2.09. The van der Waals surface area contributed by atoms with Crippen molar-refractivity contribution in [2.24, 2.45) is 0 Å². The van der Waals surface area contributed by atoms with Gasteiger partial charge < -0.3 is 9.88 Å². The maximum atomic E-state index is 12.7. The molecule has 146 valence electrons. The van der Waals surface area contributed by atoms with Crippen molar-refractivity contribution in [2.45, 2.75) is 13.5 Å². The fourth-order valence-corrected chi connectivity index (χ4v) is 2.74. The highest BCUT2D eigenvalue weighted by molar-refractivity contribution is 6.04. The highest BCUT2D eigenvalue weighted by Gasteiger charge is 2.13.